The number of hydrogen-bond donors (Lipinski definition) is 1. The summed E-state index contributed by atoms with van der Waals surface area (Å²) in [5.41, 5.74) is 0.184. The molecule has 0 fully saturated rings. The topological polar surface area (TPSA) is 49.8 Å². The molecule has 0 aliphatic heterocycles. The molecule has 4 nitrogen and oxygen atoms in total. The second-order valence-electron chi connectivity index (χ2n) is 3.93. The number of carboxylic acid groups (broad SMARTS) is 1. The van der Waals surface area contributed by atoms with Crippen molar-refractivity contribution in [1.29, 1.82) is 0 Å². The van der Waals surface area contributed by atoms with Gasteiger partial charge in [0.2, 0.25) is 0 Å². The van der Waals surface area contributed by atoms with E-state index in [-0.39, 0.29) is 5.56 Å². The Morgan fingerprint density at radius 2 is 2.18 bits per heavy atom. The summed E-state index contributed by atoms with van der Waals surface area (Å²) in [7, 11) is 3.97. The van der Waals surface area contributed by atoms with Crippen molar-refractivity contribution in [3.63, 3.8) is 0 Å². The molecule has 0 unspecified atom stereocenters. The van der Waals surface area contributed by atoms with Crippen LogP contribution in [0.3, 0.4) is 0 Å². The maximum Gasteiger partial charge on any atom is 0.339 e. The number of ether oxygens (including phenoxy) is 1. The first-order chi connectivity index (χ1) is 8.02. The largest absolute Gasteiger partial charge is 0.491 e. The van der Waals surface area contributed by atoms with E-state index in [1.165, 1.54) is 6.07 Å². The van der Waals surface area contributed by atoms with Gasteiger partial charge in [-0.1, -0.05) is 6.07 Å². The van der Waals surface area contributed by atoms with Crippen LogP contribution in [0, 0.1) is 0 Å². The standard InChI is InChI=1S/C12H16BrNO3/c1-14(2)7-4-8-17-11-9(12(15)16)5-3-6-10(11)13/h3,5-6H,4,7-8H2,1-2H3,(H,15,16). The van der Waals surface area contributed by atoms with Gasteiger partial charge in [-0.3, -0.25) is 0 Å². The lowest BCUT2D eigenvalue weighted by Gasteiger charge is -2.13. The van der Waals surface area contributed by atoms with E-state index in [2.05, 4.69) is 20.8 Å². The third-order valence-corrected chi connectivity index (χ3v) is 2.82. The summed E-state index contributed by atoms with van der Waals surface area (Å²) in [5.74, 6) is -0.576. The van der Waals surface area contributed by atoms with Crippen LogP contribution in [0.1, 0.15) is 16.8 Å². The van der Waals surface area contributed by atoms with E-state index >= 15 is 0 Å². The quantitative estimate of drug-likeness (QED) is 0.820. The fraction of sp³-hybridized carbons (Fsp3) is 0.417. The van der Waals surface area contributed by atoms with Crippen molar-refractivity contribution in [3.05, 3.63) is 28.2 Å². The molecule has 0 aromatic heterocycles. The first-order valence-electron chi connectivity index (χ1n) is 5.31. The number of nitrogens with zero attached hydrogens (tertiary/aromatic N) is 1. The van der Waals surface area contributed by atoms with Crippen LogP contribution >= 0.6 is 15.9 Å². The van der Waals surface area contributed by atoms with Gasteiger partial charge in [0, 0.05) is 6.54 Å². The summed E-state index contributed by atoms with van der Waals surface area (Å²) in [4.78, 5) is 13.1. The van der Waals surface area contributed by atoms with E-state index in [0.29, 0.717) is 16.8 Å². The van der Waals surface area contributed by atoms with Gasteiger partial charge in [0.05, 0.1) is 11.1 Å². The minimum atomic E-state index is -0.978. The number of hydrogen-bond acceptors (Lipinski definition) is 3. The molecule has 1 N–H and O–H groups in total. The molecule has 0 heterocycles. The van der Waals surface area contributed by atoms with Crippen LogP contribution < -0.4 is 4.74 Å². The fourth-order valence-electron chi connectivity index (χ4n) is 1.38. The number of benzene rings is 1. The lowest BCUT2D eigenvalue weighted by atomic mass is 10.2. The predicted octanol–water partition coefficient (Wildman–Crippen LogP) is 2.48. The zero-order valence-electron chi connectivity index (χ0n) is 9.94. The maximum atomic E-state index is 11.0. The highest BCUT2D eigenvalue weighted by Crippen LogP contribution is 2.29. The summed E-state index contributed by atoms with van der Waals surface area (Å²) < 4.78 is 6.19. The van der Waals surface area contributed by atoms with Crippen LogP contribution in [0.4, 0.5) is 0 Å². The molecule has 94 valence electrons. The van der Waals surface area contributed by atoms with Crippen LogP contribution in [-0.4, -0.2) is 43.2 Å². The Labute approximate surface area is 109 Å². The highest BCUT2D eigenvalue weighted by atomic mass is 79.9. The number of carboxylic acids is 1. The molecule has 0 amide bonds. The molecule has 17 heavy (non-hydrogen) atoms. The smallest absolute Gasteiger partial charge is 0.339 e. The molecule has 0 atom stereocenters. The van der Waals surface area contributed by atoms with Crippen LogP contribution in [0.15, 0.2) is 22.7 Å². The monoisotopic (exact) mass is 301 g/mol. The fourth-order valence-corrected chi connectivity index (χ4v) is 1.86. The van der Waals surface area contributed by atoms with Crippen LogP contribution in [-0.2, 0) is 0 Å². The molecule has 0 saturated heterocycles. The van der Waals surface area contributed by atoms with Crippen molar-refractivity contribution in [1.82, 2.24) is 4.90 Å². The molecule has 5 heteroatoms. The van der Waals surface area contributed by atoms with Crippen LogP contribution in [0.25, 0.3) is 0 Å². The Balaban J connectivity index is 2.66. The molecule has 0 aliphatic carbocycles. The Bertz CT molecular complexity index is 393. The minimum absolute atomic E-state index is 0.184. The number of carbonyl (C=O) groups is 1. The zero-order chi connectivity index (χ0) is 12.8. The second kappa shape index (κ2) is 6.61. The average Bonchev–Trinajstić information content (AvgIpc) is 2.25. The SMILES string of the molecule is CN(C)CCCOc1c(Br)cccc1C(=O)O. The van der Waals surface area contributed by atoms with Crippen molar-refractivity contribution in [2.75, 3.05) is 27.2 Å². The van der Waals surface area contributed by atoms with E-state index in [9.17, 15) is 4.79 Å². The van der Waals surface area contributed by atoms with E-state index in [0.717, 1.165) is 13.0 Å². The van der Waals surface area contributed by atoms with Gasteiger partial charge in [0.15, 0.2) is 0 Å². The molecule has 0 bridgehead atoms. The predicted molar refractivity (Wildman–Crippen MR) is 69.8 cm³/mol. The molecular weight excluding hydrogens is 286 g/mol. The van der Waals surface area contributed by atoms with E-state index in [4.69, 9.17) is 9.84 Å². The minimum Gasteiger partial charge on any atom is -0.491 e. The van der Waals surface area contributed by atoms with Gasteiger partial charge < -0.3 is 14.7 Å². The summed E-state index contributed by atoms with van der Waals surface area (Å²) in [6, 6.07) is 4.99. The summed E-state index contributed by atoms with van der Waals surface area (Å²) in [6.45, 7) is 1.41. The lowest BCUT2D eigenvalue weighted by Crippen LogP contribution is -2.16. The highest BCUT2D eigenvalue weighted by Gasteiger charge is 2.13. The van der Waals surface area contributed by atoms with Gasteiger partial charge in [-0.05, 0) is 48.6 Å². The van der Waals surface area contributed by atoms with Crippen molar-refractivity contribution >= 4 is 21.9 Å². The van der Waals surface area contributed by atoms with Gasteiger partial charge in [-0.15, -0.1) is 0 Å². The first-order valence-corrected chi connectivity index (χ1v) is 6.11. The summed E-state index contributed by atoms with van der Waals surface area (Å²) in [5, 5.41) is 9.03. The zero-order valence-corrected chi connectivity index (χ0v) is 11.5. The summed E-state index contributed by atoms with van der Waals surface area (Å²) >= 11 is 3.30. The first kappa shape index (κ1) is 14.0. The Morgan fingerprint density at radius 3 is 2.76 bits per heavy atom. The van der Waals surface area contributed by atoms with Crippen LogP contribution in [0.2, 0.25) is 0 Å². The number of para-hydroxylation sites is 1. The second-order valence-corrected chi connectivity index (χ2v) is 4.78. The molecule has 0 spiro atoms. The van der Waals surface area contributed by atoms with E-state index < -0.39 is 5.97 Å². The lowest BCUT2D eigenvalue weighted by molar-refractivity contribution is 0.0692. The number of aromatic carboxylic acids is 1. The summed E-state index contributed by atoms with van der Waals surface area (Å²) in [6.07, 6.45) is 0.855. The van der Waals surface area contributed by atoms with Gasteiger partial charge in [-0.2, -0.15) is 0 Å². The Morgan fingerprint density at radius 1 is 1.47 bits per heavy atom. The molecule has 0 aliphatic rings. The van der Waals surface area contributed by atoms with Gasteiger partial charge in [0.1, 0.15) is 11.3 Å². The molecule has 1 aromatic carbocycles. The molecular formula is C12H16BrNO3. The van der Waals surface area contributed by atoms with Crippen molar-refractivity contribution < 1.29 is 14.6 Å². The maximum absolute atomic E-state index is 11.0. The average molecular weight is 302 g/mol. The third-order valence-electron chi connectivity index (χ3n) is 2.19. The Kier molecular flexibility index (Phi) is 5.44. The van der Waals surface area contributed by atoms with Gasteiger partial charge >= 0.3 is 5.97 Å². The number of halogens is 1. The van der Waals surface area contributed by atoms with Crippen molar-refractivity contribution in [2.24, 2.45) is 0 Å². The Hall–Kier alpha value is -1.07. The normalized spacial score (nSPS) is 10.6. The number of rotatable bonds is 6. The third kappa shape index (κ3) is 4.36. The van der Waals surface area contributed by atoms with Gasteiger partial charge in [0.25, 0.3) is 0 Å². The van der Waals surface area contributed by atoms with E-state index in [1.54, 1.807) is 12.1 Å². The molecule has 0 radical (unpaired) electrons. The van der Waals surface area contributed by atoms with Crippen molar-refractivity contribution in [2.45, 2.75) is 6.42 Å². The van der Waals surface area contributed by atoms with Crippen molar-refractivity contribution in [3.8, 4) is 5.75 Å². The molecule has 1 rings (SSSR count). The molecule has 1 aromatic rings. The van der Waals surface area contributed by atoms with Gasteiger partial charge in [-0.25, -0.2) is 4.79 Å². The van der Waals surface area contributed by atoms with Crippen LogP contribution in [0.5, 0.6) is 5.75 Å². The molecule has 0 saturated carbocycles. The highest BCUT2D eigenvalue weighted by molar-refractivity contribution is 9.10. The van der Waals surface area contributed by atoms with E-state index in [1.807, 2.05) is 14.1 Å².